The van der Waals surface area contributed by atoms with Crippen molar-refractivity contribution in [2.45, 2.75) is 73.6 Å². The second kappa shape index (κ2) is 8.44. The second-order valence-corrected chi connectivity index (χ2v) is 14.8. The number of urea groups is 1. The average molecular weight is 564 g/mol. The molecular formula is C27H32F3N5O3S. The summed E-state index contributed by atoms with van der Waals surface area (Å²) in [4.78, 5) is 21.0. The number of rotatable bonds is 5. The van der Waals surface area contributed by atoms with Gasteiger partial charge < -0.3 is 9.80 Å². The zero-order chi connectivity index (χ0) is 27.2. The zero-order valence-corrected chi connectivity index (χ0v) is 22.4. The van der Waals surface area contributed by atoms with Gasteiger partial charge in [-0.25, -0.2) is 18.2 Å². The second-order valence-electron chi connectivity index (χ2n) is 12.9. The topological polar surface area (TPSA) is 99.3 Å². The van der Waals surface area contributed by atoms with E-state index in [1.54, 1.807) is 0 Å². The van der Waals surface area contributed by atoms with Crippen LogP contribution in [0.4, 0.5) is 18.0 Å². The molecule has 0 radical (unpaired) electrons. The maximum absolute atomic E-state index is 13.1. The van der Waals surface area contributed by atoms with Gasteiger partial charge in [0.1, 0.15) is 5.82 Å². The van der Waals surface area contributed by atoms with E-state index in [2.05, 4.69) is 10.2 Å². The van der Waals surface area contributed by atoms with Crippen molar-refractivity contribution in [2.24, 2.45) is 16.7 Å². The summed E-state index contributed by atoms with van der Waals surface area (Å²) in [7, 11) is -5.32. The molecule has 39 heavy (non-hydrogen) atoms. The van der Waals surface area contributed by atoms with Crippen LogP contribution in [0.3, 0.4) is 0 Å². The fourth-order valence-electron chi connectivity index (χ4n) is 7.49. The van der Waals surface area contributed by atoms with Crippen molar-refractivity contribution in [2.75, 3.05) is 26.2 Å². The van der Waals surface area contributed by atoms with Crippen LogP contribution in [0.25, 0.3) is 0 Å². The third kappa shape index (κ3) is 4.33. The summed E-state index contributed by atoms with van der Waals surface area (Å²) in [6.45, 7) is 3.16. The summed E-state index contributed by atoms with van der Waals surface area (Å²) < 4.78 is 61.5. The van der Waals surface area contributed by atoms with Gasteiger partial charge in [-0.3, -0.25) is 5.10 Å². The lowest BCUT2D eigenvalue weighted by Crippen LogP contribution is -2.69. The Morgan fingerprint density at radius 3 is 2.21 bits per heavy atom. The number of nitrogens with one attached hydrogen (secondary N) is 1. The third-order valence-corrected chi connectivity index (χ3v) is 11.2. The lowest BCUT2D eigenvalue weighted by molar-refractivity contribution is -0.0706. The third-order valence-electron chi connectivity index (χ3n) is 9.72. The standard InChI is InChI=1S/C27H32F3N5O3S/c28-27(29,30)39(37,38)21-5-1-17(2-6-21)9-18-7-8-25(10-18)13-34(14-25)24(36)35-15-26(16-35)11-20(12-26)23-31-22(32-33-23)19-3-4-19/h1-2,5-6,18-20H,3-4,7-16H2,(H,31,32,33)/t18-/m1/s1. The highest BCUT2D eigenvalue weighted by atomic mass is 32.2. The van der Waals surface area contributed by atoms with Crippen molar-refractivity contribution in [3.05, 3.63) is 41.5 Å². The molecule has 7 rings (SSSR count). The maximum Gasteiger partial charge on any atom is 0.501 e. The summed E-state index contributed by atoms with van der Waals surface area (Å²) in [6.07, 6.45) is 8.22. The van der Waals surface area contributed by atoms with Gasteiger partial charge in [0.05, 0.1) is 4.90 Å². The van der Waals surface area contributed by atoms with E-state index in [0.29, 0.717) is 24.2 Å². The summed E-state index contributed by atoms with van der Waals surface area (Å²) in [5, 5.41) is 7.51. The van der Waals surface area contributed by atoms with Crippen molar-refractivity contribution < 1.29 is 26.4 Å². The molecule has 2 spiro atoms. The molecule has 5 fully saturated rings. The first-order chi connectivity index (χ1) is 18.4. The van der Waals surface area contributed by atoms with Crippen molar-refractivity contribution in [1.29, 1.82) is 0 Å². The van der Waals surface area contributed by atoms with Crippen LogP contribution < -0.4 is 0 Å². The Morgan fingerprint density at radius 2 is 1.59 bits per heavy atom. The molecule has 3 aliphatic carbocycles. The van der Waals surface area contributed by atoms with Crippen molar-refractivity contribution in [1.82, 2.24) is 25.0 Å². The molecule has 0 unspecified atom stereocenters. The lowest BCUT2D eigenvalue weighted by atomic mass is 9.57. The number of alkyl halides is 3. The van der Waals surface area contributed by atoms with Crippen LogP contribution in [0.2, 0.25) is 0 Å². The molecule has 3 heterocycles. The largest absolute Gasteiger partial charge is 0.501 e. The van der Waals surface area contributed by atoms with Crippen LogP contribution in [-0.2, 0) is 16.3 Å². The van der Waals surface area contributed by atoms with Gasteiger partial charge in [0.15, 0.2) is 5.82 Å². The van der Waals surface area contributed by atoms with Crippen molar-refractivity contribution >= 4 is 15.9 Å². The number of aromatic amines is 1. The van der Waals surface area contributed by atoms with Crippen LogP contribution >= 0.6 is 0 Å². The van der Waals surface area contributed by atoms with Gasteiger partial charge in [0.25, 0.3) is 9.84 Å². The molecule has 2 amide bonds. The number of H-pyrrole nitrogens is 1. The smallest absolute Gasteiger partial charge is 0.323 e. The molecule has 1 atom stereocenters. The number of halogens is 3. The van der Waals surface area contributed by atoms with E-state index in [9.17, 15) is 26.4 Å². The number of carbonyl (C=O) groups is 1. The van der Waals surface area contributed by atoms with Gasteiger partial charge >= 0.3 is 11.5 Å². The highest BCUT2D eigenvalue weighted by Crippen LogP contribution is 2.56. The molecular weight excluding hydrogens is 531 g/mol. The van der Waals surface area contributed by atoms with Gasteiger partial charge in [-0.2, -0.15) is 18.3 Å². The van der Waals surface area contributed by atoms with Gasteiger partial charge in [0.2, 0.25) is 0 Å². The van der Waals surface area contributed by atoms with E-state index in [-0.39, 0.29) is 16.9 Å². The summed E-state index contributed by atoms with van der Waals surface area (Å²) in [5.41, 5.74) is -4.09. The van der Waals surface area contributed by atoms with E-state index in [4.69, 9.17) is 4.98 Å². The Bertz CT molecular complexity index is 1380. The van der Waals surface area contributed by atoms with Crippen LogP contribution in [0.5, 0.6) is 0 Å². The molecule has 1 aromatic heterocycles. The van der Waals surface area contributed by atoms with Gasteiger partial charge in [-0.1, -0.05) is 12.1 Å². The first kappa shape index (κ1) is 25.3. The minimum Gasteiger partial charge on any atom is -0.323 e. The van der Waals surface area contributed by atoms with Crippen LogP contribution in [0.1, 0.15) is 74.0 Å². The number of likely N-dealkylation sites (tertiary alicyclic amines) is 2. The minimum absolute atomic E-state index is 0.134. The Kier molecular flexibility index (Phi) is 5.48. The molecule has 8 nitrogen and oxygen atoms in total. The molecule has 2 saturated heterocycles. The van der Waals surface area contributed by atoms with Crippen LogP contribution in [-0.4, -0.2) is 71.1 Å². The molecule has 3 saturated carbocycles. The van der Waals surface area contributed by atoms with E-state index < -0.39 is 20.2 Å². The maximum atomic E-state index is 13.1. The fourth-order valence-corrected chi connectivity index (χ4v) is 8.25. The molecule has 210 valence electrons. The van der Waals surface area contributed by atoms with E-state index in [1.807, 2.05) is 9.80 Å². The highest BCUT2D eigenvalue weighted by molar-refractivity contribution is 7.92. The summed E-state index contributed by atoms with van der Waals surface area (Å²) >= 11 is 0. The predicted octanol–water partition coefficient (Wildman–Crippen LogP) is 4.62. The fraction of sp³-hybridized carbons (Fsp3) is 0.667. The van der Waals surface area contributed by atoms with E-state index >= 15 is 0 Å². The number of carbonyl (C=O) groups excluding carboxylic acids is 1. The Morgan fingerprint density at radius 1 is 0.949 bits per heavy atom. The summed E-state index contributed by atoms with van der Waals surface area (Å²) in [5.74, 6) is 3.33. The first-order valence-electron chi connectivity index (χ1n) is 13.8. The monoisotopic (exact) mass is 563 g/mol. The molecule has 1 N–H and O–H groups in total. The number of benzene rings is 1. The molecule has 1 aromatic carbocycles. The van der Waals surface area contributed by atoms with Crippen LogP contribution in [0.15, 0.2) is 29.2 Å². The Hall–Kier alpha value is -2.63. The number of hydrogen-bond donors (Lipinski definition) is 1. The minimum atomic E-state index is -5.32. The van der Waals surface area contributed by atoms with Crippen molar-refractivity contribution in [3.8, 4) is 0 Å². The molecule has 2 aliphatic heterocycles. The highest BCUT2D eigenvalue weighted by Gasteiger charge is 2.57. The van der Waals surface area contributed by atoms with Gasteiger partial charge in [-0.15, -0.1) is 0 Å². The quantitative estimate of drug-likeness (QED) is 0.573. The van der Waals surface area contributed by atoms with Gasteiger partial charge in [-0.05, 0) is 75.0 Å². The molecule has 12 heteroatoms. The zero-order valence-electron chi connectivity index (χ0n) is 21.6. The lowest BCUT2D eigenvalue weighted by Gasteiger charge is -2.60. The molecule has 5 aliphatic rings. The molecule has 0 bridgehead atoms. The summed E-state index contributed by atoms with van der Waals surface area (Å²) in [6, 6.07) is 5.20. The Balaban J connectivity index is 0.863. The van der Waals surface area contributed by atoms with E-state index in [0.717, 1.165) is 87.6 Å². The van der Waals surface area contributed by atoms with Crippen molar-refractivity contribution in [3.63, 3.8) is 0 Å². The van der Waals surface area contributed by atoms with Gasteiger partial charge in [0, 0.05) is 48.8 Å². The average Bonchev–Trinajstić information content (AvgIpc) is 3.39. The van der Waals surface area contributed by atoms with Crippen LogP contribution in [0, 0.1) is 16.7 Å². The number of hydrogen-bond acceptors (Lipinski definition) is 5. The number of sulfone groups is 1. The first-order valence-corrected chi connectivity index (χ1v) is 15.3. The number of nitrogens with zero attached hydrogens (tertiary/aromatic N) is 4. The normalized spacial score (nSPS) is 26.0. The van der Waals surface area contributed by atoms with E-state index in [1.165, 1.54) is 25.0 Å². The Labute approximate surface area is 225 Å². The SMILES string of the molecule is O=C(N1CC2(CC(c3nc(C4CC4)n[nH]3)C2)C1)N1CC2(CC[C@H](Cc3ccc(S(=O)(=O)C(F)(F)F)cc3)C2)C1. The number of aromatic nitrogens is 3. The predicted molar refractivity (Wildman–Crippen MR) is 134 cm³/mol. The number of amides is 2. The molecule has 2 aromatic rings.